The molecule has 2 atom stereocenters. The third-order valence-electron chi connectivity index (χ3n) is 2.81. The summed E-state index contributed by atoms with van der Waals surface area (Å²) in [5, 5.41) is 3.38. The highest BCUT2D eigenvalue weighted by Gasteiger charge is 2.21. The van der Waals surface area contributed by atoms with Crippen molar-refractivity contribution >= 4 is 0 Å². The Hall–Kier alpha value is -0.0800. The third-order valence-corrected chi connectivity index (χ3v) is 2.81. The van der Waals surface area contributed by atoms with Crippen LogP contribution < -0.4 is 5.32 Å². The molecule has 0 aromatic carbocycles. The predicted octanol–water partition coefficient (Wildman–Crippen LogP) is 2.35. The summed E-state index contributed by atoms with van der Waals surface area (Å²) in [6, 6.07) is 1.20. The van der Waals surface area contributed by atoms with Crippen LogP contribution in [0.4, 0.5) is 0 Å². The number of rotatable bonds is 5. The van der Waals surface area contributed by atoms with Gasteiger partial charge in [0, 0.05) is 18.6 Å². The number of nitrogens with zero attached hydrogens (tertiary/aromatic N) is 1. The van der Waals surface area contributed by atoms with Gasteiger partial charge in [0.2, 0.25) is 0 Å². The Balaban J connectivity index is 4.16. The van der Waals surface area contributed by atoms with Crippen molar-refractivity contribution < 1.29 is 0 Å². The van der Waals surface area contributed by atoms with Crippen LogP contribution in [0, 0.1) is 5.41 Å². The molecule has 0 bridgehead atoms. The molecule has 2 nitrogen and oxygen atoms in total. The van der Waals surface area contributed by atoms with Crippen molar-refractivity contribution in [1.82, 2.24) is 10.2 Å². The molecular formula is C12H28N2. The lowest BCUT2D eigenvalue weighted by Gasteiger charge is -2.35. The number of nitrogens with one attached hydrogen (secondary N) is 1. The smallest absolute Gasteiger partial charge is 0.0218 e. The van der Waals surface area contributed by atoms with Crippen molar-refractivity contribution in [1.29, 1.82) is 0 Å². The van der Waals surface area contributed by atoms with Crippen LogP contribution in [-0.2, 0) is 0 Å². The molecule has 0 aromatic heterocycles. The van der Waals surface area contributed by atoms with Gasteiger partial charge in [0.15, 0.2) is 0 Å². The zero-order valence-electron chi connectivity index (χ0n) is 11.0. The standard InChI is InChI=1S/C12H28N2/c1-8-11(13-6)10(2)14(7)9-12(3,4)5/h10-11,13H,8-9H2,1-7H3. The molecule has 0 saturated heterocycles. The van der Waals surface area contributed by atoms with Gasteiger partial charge in [0.05, 0.1) is 0 Å². The molecule has 86 valence electrons. The molecule has 0 amide bonds. The summed E-state index contributed by atoms with van der Waals surface area (Å²) < 4.78 is 0. The predicted molar refractivity (Wildman–Crippen MR) is 64.7 cm³/mol. The lowest BCUT2D eigenvalue weighted by Crippen LogP contribution is -2.47. The molecular weight excluding hydrogens is 172 g/mol. The molecule has 0 radical (unpaired) electrons. The molecule has 0 aromatic rings. The van der Waals surface area contributed by atoms with E-state index in [1.807, 2.05) is 0 Å². The van der Waals surface area contributed by atoms with Gasteiger partial charge in [-0.15, -0.1) is 0 Å². The maximum atomic E-state index is 3.38. The number of hydrogen-bond acceptors (Lipinski definition) is 2. The van der Waals surface area contributed by atoms with E-state index in [1.165, 1.54) is 6.42 Å². The van der Waals surface area contributed by atoms with Crippen LogP contribution in [-0.4, -0.2) is 37.6 Å². The second kappa shape index (κ2) is 5.72. The molecule has 0 heterocycles. The summed E-state index contributed by atoms with van der Waals surface area (Å²) in [4.78, 5) is 2.45. The molecule has 0 fully saturated rings. The van der Waals surface area contributed by atoms with Gasteiger partial charge in [0.1, 0.15) is 0 Å². The number of hydrogen-bond donors (Lipinski definition) is 1. The average Bonchev–Trinajstić information content (AvgIpc) is 2.03. The maximum absolute atomic E-state index is 3.38. The van der Waals surface area contributed by atoms with Crippen molar-refractivity contribution in [3.05, 3.63) is 0 Å². The normalized spacial score (nSPS) is 17.1. The average molecular weight is 200 g/mol. The van der Waals surface area contributed by atoms with Crippen molar-refractivity contribution in [2.75, 3.05) is 20.6 Å². The molecule has 0 saturated carbocycles. The van der Waals surface area contributed by atoms with Crippen molar-refractivity contribution in [3.63, 3.8) is 0 Å². The van der Waals surface area contributed by atoms with E-state index in [-0.39, 0.29) is 0 Å². The minimum Gasteiger partial charge on any atom is -0.315 e. The van der Waals surface area contributed by atoms with Gasteiger partial charge < -0.3 is 10.2 Å². The summed E-state index contributed by atoms with van der Waals surface area (Å²) in [7, 11) is 4.27. The highest BCUT2D eigenvalue weighted by Crippen LogP contribution is 2.17. The fourth-order valence-electron chi connectivity index (χ4n) is 1.99. The van der Waals surface area contributed by atoms with Crippen molar-refractivity contribution in [2.45, 2.75) is 53.1 Å². The largest absolute Gasteiger partial charge is 0.315 e. The van der Waals surface area contributed by atoms with Crippen LogP contribution in [0.1, 0.15) is 41.0 Å². The molecule has 1 N–H and O–H groups in total. The first-order valence-corrected chi connectivity index (χ1v) is 5.69. The topological polar surface area (TPSA) is 15.3 Å². The van der Waals surface area contributed by atoms with Crippen molar-refractivity contribution in [3.8, 4) is 0 Å². The first kappa shape index (κ1) is 13.9. The Morgan fingerprint density at radius 3 is 2.07 bits per heavy atom. The van der Waals surface area contributed by atoms with Crippen LogP contribution in [0.3, 0.4) is 0 Å². The fraction of sp³-hybridized carbons (Fsp3) is 1.00. The summed E-state index contributed by atoms with van der Waals surface area (Å²) >= 11 is 0. The van der Waals surface area contributed by atoms with Gasteiger partial charge in [-0.1, -0.05) is 27.7 Å². The number of likely N-dealkylation sites (N-methyl/N-ethyl adjacent to an activating group) is 2. The van der Waals surface area contributed by atoms with E-state index in [0.29, 0.717) is 17.5 Å². The summed E-state index contributed by atoms with van der Waals surface area (Å²) in [5.74, 6) is 0. The first-order valence-electron chi connectivity index (χ1n) is 5.69. The van der Waals surface area contributed by atoms with Gasteiger partial charge in [-0.25, -0.2) is 0 Å². The van der Waals surface area contributed by atoms with E-state index < -0.39 is 0 Å². The van der Waals surface area contributed by atoms with E-state index >= 15 is 0 Å². The Kier molecular flexibility index (Phi) is 5.68. The Labute approximate surface area is 90.1 Å². The van der Waals surface area contributed by atoms with E-state index in [1.54, 1.807) is 0 Å². The minimum absolute atomic E-state index is 0.384. The van der Waals surface area contributed by atoms with E-state index in [2.05, 4.69) is 58.9 Å². The van der Waals surface area contributed by atoms with Crippen LogP contribution in [0.2, 0.25) is 0 Å². The van der Waals surface area contributed by atoms with Crippen molar-refractivity contribution in [2.24, 2.45) is 5.41 Å². The van der Waals surface area contributed by atoms with E-state index in [9.17, 15) is 0 Å². The zero-order valence-corrected chi connectivity index (χ0v) is 11.0. The zero-order chi connectivity index (χ0) is 11.4. The highest BCUT2D eigenvalue weighted by atomic mass is 15.2. The monoisotopic (exact) mass is 200 g/mol. The van der Waals surface area contributed by atoms with E-state index in [4.69, 9.17) is 0 Å². The second-order valence-corrected chi connectivity index (χ2v) is 5.52. The molecule has 0 spiro atoms. The third kappa shape index (κ3) is 4.97. The molecule has 0 aliphatic heterocycles. The van der Waals surface area contributed by atoms with Crippen LogP contribution in [0.25, 0.3) is 0 Å². The Morgan fingerprint density at radius 1 is 1.29 bits per heavy atom. The molecule has 0 aliphatic carbocycles. The first-order chi connectivity index (χ1) is 6.31. The highest BCUT2D eigenvalue weighted by molar-refractivity contribution is 4.79. The lowest BCUT2D eigenvalue weighted by atomic mass is 9.94. The molecule has 14 heavy (non-hydrogen) atoms. The van der Waals surface area contributed by atoms with Crippen LogP contribution in [0.5, 0.6) is 0 Å². The van der Waals surface area contributed by atoms with Crippen LogP contribution in [0.15, 0.2) is 0 Å². The van der Waals surface area contributed by atoms with Crippen LogP contribution >= 0.6 is 0 Å². The summed E-state index contributed by atoms with van der Waals surface area (Å²) in [6.45, 7) is 12.6. The van der Waals surface area contributed by atoms with Gasteiger partial charge >= 0.3 is 0 Å². The van der Waals surface area contributed by atoms with E-state index in [0.717, 1.165) is 6.54 Å². The fourth-order valence-corrected chi connectivity index (χ4v) is 1.99. The second-order valence-electron chi connectivity index (χ2n) is 5.52. The minimum atomic E-state index is 0.384. The molecule has 2 unspecified atom stereocenters. The van der Waals surface area contributed by atoms with Gasteiger partial charge in [-0.3, -0.25) is 0 Å². The lowest BCUT2D eigenvalue weighted by molar-refractivity contribution is 0.152. The Bertz CT molecular complexity index is 145. The Morgan fingerprint density at radius 2 is 1.79 bits per heavy atom. The molecule has 2 heteroatoms. The summed E-state index contributed by atoms with van der Waals surface area (Å²) in [5.41, 5.74) is 0.384. The molecule has 0 aliphatic rings. The summed E-state index contributed by atoms with van der Waals surface area (Å²) in [6.07, 6.45) is 1.19. The van der Waals surface area contributed by atoms with Gasteiger partial charge in [-0.2, -0.15) is 0 Å². The molecule has 0 rings (SSSR count). The quantitative estimate of drug-likeness (QED) is 0.733. The van der Waals surface area contributed by atoms with Gasteiger partial charge in [-0.05, 0) is 32.9 Å². The SMILES string of the molecule is CCC(NC)C(C)N(C)CC(C)(C)C. The maximum Gasteiger partial charge on any atom is 0.0218 e. The van der Waals surface area contributed by atoms with Gasteiger partial charge in [0.25, 0.3) is 0 Å².